The molecule has 0 atom stereocenters. The number of imide groups is 1. The van der Waals surface area contributed by atoms with Gasteiger partial charge in [-0.2, -0.15) is 5.10 Å². The molecule has 0 aliphatic carbocycles. The van der Waals surface area contributed by atoms with Gasteiger partial charge in [-0.25, -0.2) is 10.2 Å². The molecule has 4 amide bonds. The molecule has 7 heteroatoms. The molecule has 0 aromatic heterocycles. The minimum atomic E-state index is -1.18. The van der Waals surface area contributed by atoms with Crippen LogP contribution in [0.3, 0.4) is 0 Å². The summed E-state index contributed by atoms with van der Waals surface area (Å²) < 4.78 is 0. The summed E-state index contributed by atoms with van der Waals surface area (Å²) in [4.78, 5) is 30.8. The summed E-state index contributed by atoms with van der Waals surface area (Å²) in [5.74, 6) is -2.27. The minimum absolute atomic E-state index is 1.10. The van der Waals surface area contributed by atoms with Crippen molar-refractivity contribution in [3.63, 3.8) is 0 Å². The Balaban J connectivity index is 3.93. The van der Waals surface area contributed by atoms with Crippen LogP contribution in [0.15, 0.2) is 5.10 Å². The molecule has 0 radical (unpaired) electrons. The predicted octanol–water partition coefficient (Wildman–Crippen LogP) is -2.09. The number of urea groups is 1. The lowest BCUT2D eigenvalue weighted by atomic mass is 10.6. The third kappa shape index (κ3) is 3.62. The molecule has 0 aromatic rings. The van der Waals surface area contributed by atoms with Gasteiger partial charge in [-0.1, -0.05) is 0 Å². The topological polar surface area (TPSA) is 114 Å². The first-order chi connectivity index (χ1) is 5.07. The van der Waals surface area contributed by atoms with E-state index in [1.807, 2.05) is 0 Å². The van der Waals surface area contributed by atoms with Crippen molar-refractivity contribution in [1.29, 1.82) is 0 Å². The highest BCUT2D eigenvalue weighted by molar-refractivity contribution is 6.37. The third-order valence-electron chi connectivity index (χ3n) is 0.624. The number of nitrogens with zero attached hydrogens (tertiary/aromatic N) is 1. The molecule has 0 rings (SSSR count). The first kappa shape index (κ1) is 9.08. The summed E-state index contributed by atoms with van der Waals surface area (Å²) in [7, 11) is 0. The maximum atomic E-state index is 10.4. The number of carbonyl (C=O) groups is 3. The number of hydrazone groups is 1. The minimum Gasteiger partial charge on any atom is -0.351 e. The van der Waals surface area contributed by atoms with Gasteiger partial charge in [-0.05, 0) is 0 Å². The van der Waals surface area contributed by atoms with E-state index in [2.05, 4.69) is 17.6 Å². The van der Waals surface area contributed by atoms with E-state index < -0.39 is 17.8 Å². The summed E-state index contributed by atoms with van der Waals surface area (Å²) >= 11 is 0. The Morgan fingerprint density at radius 3 is 2.18 bits per heavy atom. The van der Waals surface area contributed by atoms with Gasteiger partial charge in [0.2, 0.25) is 0 Å². The number of amides is 4. The Morgan fingerprint density at radius 2 is 1.82 bits per heavy atom. The van der Waals surface area contributed by atoms with Gasteiger partial charge in [-0.15, -0.1) is 0 Å². The molecule has 0 spiro atoms. The Hall–Kier alpha value is -1.92. The van der Waals surface area contributed by atoms with E-state index in [9.17, 15) is 14.4 Å². The number of rotatable bonds is 1. The smallest absolute Gasteiger partial charge is 0.329 e. The lowest BCUT2D eigenvalue weighted by Crippen LogP contribution is -2.43. The van der Waals surface area contributed by atoms with Crippen LogP contribution in [-0.4, -0.2) is 24.6 Å². The van der Waals surface area contributed by atoms with Gasteiger partial charge in [0.1, 0.15) is 0 Å². The standard InChI is InChI=1S/C4H6N4O3/c1-6-8-3(10)2(9)7-4(5)11/h1H2,(H,8,10)(H3,5,7,9,11). The highest BCUT2D eigenvalue weighted by Gasteiger charge is 2.13. The van der Waals surface area contributed by atoms with Crippen molar-refractivity contribution in [3.8, 4) is 0 Å². The Labute approximate surface area is 61.6 Å². The van der Waals surface area contributed by atoms with E-state index in [0.29, 0.717) is 0 Å². The van der Waals surface area contributed by atoms with Crippen LogP contribution in [-0.2, 0) is 9.59 Å². The Kier molecular flexibility index (Phi) is 3.29. The summed E-state index contributed by atoms with van der Waals surface area (Å²) in [5.41, 5.74) is 6.24. The lowest BCUT2D eigenvalue weighted by Gasteiger charge is -1.96. The van der Waals surface area contributed by atoms with Crippen molar-refractivity contribution in [1.82, 2.24) is 10.7 Å². The molecule has 4 N–H and O–H groups in total. The van der Waals surface area contributed by atoms with Crippen LogP contribution in [0.5, 0.6) is 0 Å². The number of carbonyl (C=O) groups excluding carboxylic acids is 3. The van der Waals surface area contributed by atoms with Crippen LogP contribution >= 0.6 is 0 Å². The van der Waals surface area contributed by atoms with E-state index in [4.69, 9.17) is 0 Å². The summed E-state index contributed by atoms with van der Waals surface area (Å²) in [6.07, 6.45) is 0. The zero-order valence-corrected chi connectivity index (χ0v) is 5.46. The van der Waals surface area contributed by atoms with Gasteiger partial charge in [0, 0.05) is 6.72 Å². The van der Waals surface area contributed by atoms with E-state index in [1.165, 1.54) is 5.32 Å². The van der Waals surface area contributed by atoms with Crippen LogP contribution in [0.1, 0.15) is 0 Å². The molecule has 0 heterocycles. The van der Waals surface area contributed by atoms with Crippen LogP contribution in [0.2, 0.25) is 0 Å². The molecular formula is C4H6N4O3. The highest BCUT2D eigenvalue weighted by atomic mass is 16.2. The second-order valence-electron chi connectivity index (χ2n) is 1.42. The quantitative estimate of drug-likeness (QED) is 0.231. The number of nitrogens with two attached hydrogens (primary N) is 1. The van der Waals surface area contributed by atoms with E-state index >= 15 is 0 Å². The normalized spacial score (nSPS) is 8.00. The van der Waals surface area contributed by atoms with E-state index in [0.717, 1.165) is 0 Å². The average Bonchev–Trinajstić information content (AvgIpc) is 1.86. The monoisotopic (exact) mass is 158 g/mol. The third-order valence-corrected chi connectivity index (χ3v) is 0.624. The maximum absolute atomic E-state index is 10.4. The van der Waals surface area contributed by atoms with Gasteiger partial charge in [0.25, 0.3) is 0 Å². The van der Waals surface area contributed by atoms with Crippen LogP contribution in [0.4, 0.5) is 4.79 Å². The molecular weight excluding hydrogens is 152 g/mol. The number of nitrogens with one attached hydrogen (secondary N) is 2. The van der Waals surface area contributed by atoms with Gasteiger partial charge in [0.05, 0.1) is 0 Å². The number of hydrogen-bond donors (Lipinski definition) is 3. The summed E-state index contributed by atoms with van der Waals surface area (Å²) in [6.45, 7) is 2.88. The van der Waals surface area contributed by atoms with Crippen molar-refractivity contribution < 1.29 is 14.4 Å². The first-order valence-electron chi connectivity index (χ1n) is 2.44. The molecule has 0 unspecified atom stereocenters. The van der Waals surface area contributed by atoms with Crippen molar-refractivity contribution in [3.05, 3.63) is 0 Å². The van der Waals surface area contributed by atoms with Crippen molar-refractivity contribution in [2.24, 2.45) is 10.8 Å². The molecule has 11 heavy (non-hydrogen) atoms. The Bertz CT molecular complexity index is 211. The fourth-order valence-electron chi connectivity index (χ4n) is 0.291. The van der Waals surface area contributed by atoms with Crippen molar-refractivity contribution in [2.45, 2.75) is 0 Å². The molecule has 0 bridgehead atoms. The summed E-state index contributed by atoms with van der Waals surface area (Å²) in [5, 5.41) is 4.43. The number of hydrogen-bond acceptors (Lipinski definition) is 4. The first-order valence-corrected chi connectivity index (χ1v) is 2.44. The second-order valence-corrected chi connectivity index (χ2v) is 1.42. The molecule has 0 saturated carbocycles. The van der Waals surface area contributed by atoms with E-state index in [1.54, 1.807) is 5.43 Å². The molecule has 0 aliphatic rings. The SMILES string of the molecule is C=NNC(=O)C(=O)NC(N)=O. The average molecular weight is 158 g/mol. The maximum Gasteiger partial charge on any atom is 0.329 e. The largest absolute Gasteiger partial charge is 0.351 e. The van der Waals surface area contributed by atoms with Crippen molar-refractivity contribution in [2.75, 3.05) is 0 Å². The molecule has 0 aliphatic heterocycles. The molecule has 60 valence electrons. The molecule has 0 aromatic carbocycles. The Morgan fingerprint density at radius 1 is 1.27 bits per heavy atom. The molecule has 0 saturated heterocycles. The summed E-state index contributed by atoms with van der Waals surface area (Å²) in [6, 6.07) is -1.10. The highest BCUT2D eigenvalue weighted by Crippen LogP contribution is 1.66. The zero-order valence-electron chi connectivity index (χ0n) is 5.46. The second kappa shape index (κ2) is 3.99. The molecule has 0 fully saturated rings. The van der Waals surface area contributed by atoms with Gasteiger partial charge in [0.15, 0.2) is 0 Å². The zero-order chi connectivity index (χ0) is 8.85. The van der Waals surface area contributed by atoms with Crippen molar-refractivity contribution >= 4 is 24.6 Å². The lowest BCUT2D eigenvalue weighted by molar-refractivity contribution is -0.138. The van der Waals surface area contributed by atoms with Crippen LogP contribution in [0.25, 0.3) is 0 Å². The van der Waals surface area contributed by atoms with Gasteiger partial charge >= 0.3 is 17.8 Å². The van der Waals surface area contributed by atoms with Gasteiger partial charge in [-0.3, -0.25) is 14.9 Å². The fraction of sp³-hybridized carbons (Fsp3) is 0. The van der Waals surface area contributed by atoms with Crippen LogP contribution in [0, 0.1) is 0 Å². The predicted molar refractivity (Wildman–Crippen MR) is 35.4 cm³/mol. The fourth-order valence-corrected chi connectivity index (χ4v) is 0.291. The number of primary amides is 1. The van der Waals surface area contributed by atoms with Gasteiger partial charge < -0.3 is 5.73 Å². The van der Waals surface area contributed by atoms with Crippen LogP contribution < -0.4 is 16.5 Å². The molecule has 7 nitrogen and oxygen atoms in total. The van der Waals surface area contributed by atoms with E-state index in [-0.39, 0.29) is 0 Å².